The molecule has 0 spiro atoms. The molecular weight excluding hydrogens is 296 g/mol. The van der Waals surface area contributed by atoms with E-state index in [2.05, 4.69) is 15.6 Å². The Balaban J connectivity index is 2.13. The van der Waals surface area contributed by atoms with Gasteiger partial charge in [-0.05, 0) is 24.3 Å². The second-order valence-electron chi connectivity index (χ2n) is 4.70. The van der Waals surface area contributed by atoms with Gasteiger partial charge in [-0.3, -0.25) is 14.6 Å². The maximum absolute atomic E-state index is 12.1. The smallest absolute Gasteiger partial charge is 0.257 e. The molecule has 2 aromatic rings. The van der Waals surface area contributed by atoms with Crippen LogP contribution < -0.4 is 21.1 Å². The Labute approximate surface area is 133 Å². The highest BCUT2D eigenvalue weighted by Gasteiger charge is 2.11. The fourth-order valence-corrected chi connectivity index (χ4v) is 1.92. The van der Waals surface area contributed by atoms with Crippen molar-refractivity contribution in [2.24, 2.45) is 5.73 Å². The molecule has 1 aromatic heterocycles. The minimum atomic E-state index is -0.295. The minimum Gasteiger partial charge on any atom is -0.494 e. The Hall–Kier alpha value is -2.93. The van der Waals surface area contributed by atoms with Crippen LogP contribution in [-0.4, -0.2) is 30.5 Å². The summed E-state index contributed by atoms with van der Waals surface area (Å²) in [5.74, 6) is -0.0363. The third-order valence-corrected chi connectivity index (χ3v) is 3.03. The van der Waals surface area contributed by atoms with Gasteiger partial charge < -0.3 is 21.1 Å². The predicted octanol–water partition coefficient (Wildman–Crippen LogP) is 1.63. The van der Waals surface area contributed by atoms with Crippen LogP contribution in [0.3, 0.4) is 0 Å². The third kappa shape index (κ3) is 4.52. The van der Waals surface area contributed by atoms with Gasteiger partial charge in [-0.2, -0.15) is 0 Å². The molecule has 1 heterocycles. The Morgan fingerprint density at radius 1 is 1.26 bits per heavy atom. The number of methoxy groups -OCH3 is 1. The zero-order chi connectivity index (χ0) is 16.7. The Kier molecular flexibility index (Phi) is 5.65. The van der Waals surface area contributed by atoms with Gasteiger partial charge in [0.15, 0.2) is 0 Å². The van der Waals surface area contributed by atoms with Crippen molar-refractivity contribution in [2.75, 3.05) is 24.3 Å². The number of ether oxygens (including phenoxy) is 1. The molecule has 0 saturated heterocycles. The van der Waals surface area contributed by atoms with E-state index in [0.717, 1.165) is 0 Å². The first-order valence-electron chi connectivity index (χ1n) is 7.03. The minimum absolute atomic E-state index is 0.179. The second kappa shape index (κ2) is 7.90. The van der Waals surface area contributed by atoms with Crippen LogP contribution in [0.5, 0.6) is 5.75 Å². The number of amides is 2. The number of nitrogens with one attached hydrogen (secondary N) is 2. The molecule has 23 heavy (non-hydrogen) atoms. The van der Waals surface area contributed by atoms with Gasteiger partial charge in [0.2, 0.25) is 5.91 Å². The first-order valence-corrected chi connectivity index (χ1v) is 7.03. The number of nitrogens with two attached hydrogens (primary N) is 1. The molecule has 4 N–H and O–H groups in total. The monoisotopic (exact) mass is 314 g/mol. The molecule has 2 amide bonds. The van der Waals surface area contributed by atoms with Crippen LogP contribution in [-0.2, 0) is 4.79 Å². The molecular formula is C16H18N4O3. The highest BCUT2D eigenvalue weighted by atomic mass is 16.5. The molecule has 2 rings (SSSR count). The summed E-state index contributed by atoms with van der Waals surface area (Å²) in [4.78, 5) is 27.6. The van der Waals surface area contributed by atoms with E-state index in [9.17, 15) is 9.59 Å². The molecule has 0 radical (unpaired) electrons. The molecule has 1 aromatic carbocycles. The summed E-state index contributed by atoms with van der Waals surface area (Å²) in [7, 11) is 1.49. The van der Waals surface area contributed by atoms with Gasteiger partial charge in [0.05, 0.1) is 18.4 Å². The summed E-state index contributed by atoms with van der Waals surface area (Å²) in [6, 6.07) is 8.31. The summed E-state index contributed by atoms with van der Waals surface area (Å²) in [5.41, 5.74) is 6.84. The fourth-order valence-electron chi connectivity index (χ4n) is 1.92. The summed E-state index contributed by atoms with van der Waals surface area (Å²) < 4.78 is 5.26. The van der Waals surface area contributed by atoms with E-state index in [4.69, 9.17) is 10.5 Å². The van der Waals surface area contributed by atoms with Crippen molar-refractivity contribution in [3.63, 3.8) is 0 Å². The van der Waals surface area contributed by atoms with E-state index in [1.165, 1.54) is 13.3 Å². The number of rotatable bonds is 6. The Bertz CT molecular complexity index is 689. The maximum Gasteiger partial charge on any atom is 0.257 e. The summed E-state index contributed by atoms with van der Waals surface area (Å²) in [6.45, 7) is 0.280. The van der Waals surface area contributed by atoms with Gasteiger partial charge in [-0.1, -0.05) is 0 Å². The molecule has 0 aliphatic heterocycles. The standard InChI is InChI=1S/C16H18N4O3/c1-23-14-9-12(19-15(21)6-7-17)4-5-13(14)20-16(22)11-3-2-8-18-10-11/h2-5,8-10H,6-7,17H2,1H3,(H,19,21)(H,20,22). The topological polar surface area (TPSA) is 106 Å². The number of benzene rings is 1. The molecule has 0 aliphatic carbocycles. The van der Waals surface area contributed by atoms with Gasteiger partial charge in [0, 0.05) is 37.1 Å². The molecule has 0 fully saturated rings. The molecule has 0 unspecified atom stereocenters. The molecule has 0 atom stereocenters. The SMILES string of the molecule is COc1cc(NC(=O)CCN)ccc1NC(=O)c1cccnc1. The van der Waals surface area contributed by atoms with Crippen molar-refractivity contribution in [1.82, 2.24) is 4.98 Å². The second-order valence-corrected chi connectivity index (χ2v) is 4.70. The zero-order valence-corrected chi connectivity index (χ0v) is 12.7. The van der Waals surface area contributed by atoms with Crippen molar-refractivity contribution in [1.29, 1.82) is 0 Å². The average molecular weight is 314 g/mol. The Morgan fingerprint density at radius 2 is 2.09 bits per heavy atom. The van der Waals surface area contributed by atoms with Crippen molar-refractivity contribution >= 4 is 23.2 Å². The molecule has 7 heteroatoms. The number of carbonyl (C=O) groups is 2. The van der Waals surface area contributed by atoms with Crippen molar-refractivity contribution < 1.29 is 14.3 Å². The van der Waals surface area contributed by atoms with Crippen LogP contribution in [0.2, 0.25) is 0 Å². The molecule has 7 nitrogen and oxygen atoms in total. The van der Waals surface area contributed by atoms with Crippen molar-refractivity contribution in [3.8, 4) is 5.75 Å². The van der Waals surface area contributed by atoms with Gasteiger partial charge in [0.1, 0.15) is 5.75 Å². The van der Waals surface area contributed by atoms with Gasteiger partial charge in [-0.15, -0.1) is 0 Å². The van der Waals surface area contributed by atoms with E-state index in [1.54, 1.807) is 36.5 Å². The number of pyridine rings is 1. The first-order chi connectivity index (χ1) is 11.1. The lowest BCUT2D eigenvalue weighted by Crippen LogP contribution is -2.16. The van der Waals surface area contributed by atoms with Gasteiger partial charge in [0.25, 0.3) is 5.91 Å². The number of hydrogen-bond acceptors (Lipinski definition) is 5. The lowest BCUT2D eigenvalue weighted by atomic mass is 10.2. The molecule has 120 valence electrons. The van der Waals surface area contributed by atoms with E-state index >= 15 is 0 Å². The highest BCUT2D eigenvalue weighted by Crippen LogP contribution is 2.28. The molecule has 0 bridgehead atoms. The van der Waals surface area contributed by atoms with Crippen molar-refractivity contribution in [3.05, 3.63) is 48.3 Å². The third-order valence-electron chi connectivity index (χ3n) is 3.03. The fraction of sp³-hybridized carbons (Fsp3) is 0.188. The summed E-state index contributed by atoms with van der Waals surface area (Å²) in [5, 5.41) is 5.45. The number of carbonyl (C=O) groups excluding carboxylic acids is 2. The van der Waals surface area contributed by atoms with Crippen LogP contribution in [0.1, 0.15) is 16.8 Å². The largest absolute Gasteiger partial charge is 0.494 e. The van der Waals surface area contributed by atoms with Crippen LogP contribution in [0, 0.1) is 0 Å². The summed E-state index contributed by atoms with van der Waals surface area (Å²) in [6.07, 6.45) is 3.31. The maximum atomic E-state index is 12.1. The molecule has 0 saturated carbocycles. The van der Waals surface area contributed by atoms with E-state index < -0.39 is 0 Å². The molecule has 0 aliphatic rings. The number of nitrogens with zero attached hydrogens (tertiary/aromatic N) is 1. The average Bonchev–Trinajstić information content (AvgIpc) is 2.57. The van der Waals surface area contributed by atoms with Crippen LogP contribution in [0.25, 0.3) is 0 Å². The number of aromatic nitrogens is 1. The number of anilines is 2. The van der Waals surface area contributed by atoms with Gasteiger partial charge >= 0.3 is 0 Å². The quantitative estimate of drug-likeness (QED) is 0.751. The normalized spacial score (nSPS) is 10.0. The van der Waals surface area contributed by atoms with Crippen LogP contribution in [0.15, 0.2) is 42.7 Å². The number of hydrogen-bond donors (Lipinski definition) is 3. The predicted molar refractivity (Wildman–Crippen MR) is 87.5 cm³/mol. The van der Waals surface area contributed by atoms with E-state index in [1.807, 2.05) is 0 Å². The van der Waals surface area contributed by atoms with Gasteiger partial charge in [-0.25, -0.2) is 0 Å². The zero-order valence-electron chi connectivity index (χ0n) is 12.7. The van der Waals surface area contributed by atoms with E-state index in [-0.39, 0.29) is 24.8 Å². The summed E-state index contributed by atoms with van der Waals surface area (Å²) >= 11 is 0. The lowest BCUT2D eigenvalue weighted by Gasteiger charge is -2.12. The van der Waals surface area contributed by atoms with E-state index in [0.29, 0.717) is 22.7 Å². The first kappa shape index (κ1) is 16.4. The van der Waals surface area contributed by atoms with Crippen molar-refractivity contribution in [2.45, 2.75) is 6.42 Å². The highest BCUT2D eigenvalue weighted by molar-refractivity contribution is 6.05. The Morgan fingerprint density at radius 3 is 2.74 bits per heavy atom. The van der Waals surface area contributed by atoms with Crippen LogP contribution in [0.4, 0.5) is 11.4 Å². The lowest BCUT2D eigenvalue weighted by molar-refractivity contribution is -0.116. The van der Waals surface area contributed by atoms with Crippen LogP contribution >= 0.6 is 0 Å².